The van der Waals surface area contributed by atoms with Crippen LogP contribution >= 0.6 is 11.3 Å². The van der Waals surface area contributed by atoms with Gasteiger partial charge in [0.15, 0.2) is 0 Å². The molecular formula is C14H12N2O4S. The number of amides is 3. The number of carbonyl (C=O) groups is 3. The van der Waals surface area contributed by atoms with Gasteiger partial charge in [0, 0.05) is 0 Å². The van der Waals surface area contributed by atoms with Crippen LogP contribution in [0.4, 0.5) is 10.5 Å². The van der Waals surface area contributed by atoms with E-state index in [9.17, 15) is 14.4 Å². The Hall–Kier alpha value is -2.67. The molecular weight excluding hydrogens is 292 g/mol. The number of hydrogen-bond donors (Lipinski definition) is 2. The maximum absolute atomic E-state index is 11.8. The summed E-state index contributed by atoms with van der Waals surface area (Å²) in [6.45, 7) is 0. The minimum Gasteiger partial charge on any atom is -0.465 e. The van der Waals surface area contributed by atoms with Gasteiger partial charge in [0.2, 0.25) is 0 Å². The highest BCUT2D eigenvalue weighted by atomic mass is 32.1. The van der Waals surface area contributed by atoms with Gasteiger partial charge in [-0.25, -0.2) is 9.59 Å². The molecule has 0 aliphatic heterocycles. The molecule has 21 heavy (non-hydrogen) atoms. The summed E-state index contributed by atoms with van der Waals surface area (Å²) in [5.41, 5.74) is 0.472. The van der Waals surface area contributed by atoms with E-state index in [-0.39, 0.29) is 11.3 Å². The molecule has 0 aliphatic rings. The molecule has 0 fully saturated rings. The van der Waals surface area contributed by atoms with Crippen LogP contribution in [0.5, 0.6) is 0 Å². The van der Waals surface area contributed by atoms with E-state index in [2.05, 4.69) is 15.4 Å². The molecule has 1 heterocycles. The Kier molecular flexibility index (Phi) is 4.68. The molecule has 2 aromatic rings. The molecule has 0 spiro atoms. The Balaban J connectivity index is 2.06. The van der Waals surface area contributed by atoms with E-state index in [0.29, 0.717) is 4.88 Å². The van der Waals surface area contributed by atoms with Gasteiger partial charge in [-0.15, -0.1) is 11.3 Å². The molecule has 108 valence electrons. The lowest BCUT2D eigenvalue weighted by Gasteiger charge is -2.09. The summed E-state index contributed by atoms with van der Waals surface area (Å²) in [4.78, 5) is 35.5. The van der Waals surface area contributed by atoms with Crippen LogP contribution in [0.3, 0.4) is 0 Å². The van der Waals surface area contributed by atoms with Crippen molar-refractivity contribution in [3.05, 3.63) is 52.2 Å². The van der Waals surface area contributed by atoms with Gasteiger partial charge in [-0.1, -0.05) is 18.2 Å². The Morgan fingerprint density at radius 2 is 1.86 bits per heavy atom. The predicted molar refractivity (Wildman–Crippen MR) is 78.6 cm³/mol. The van der Waals surface area contributed by atoms with Crippen LogP contribution in [0.25, 0.3) is 0 Å². The number of benzene rings is 1. The van der Waals surface area contributed by atoms with E-state index in [1.54, 1.807) is 35.7 Å². The zero-order chi connectivity index (χ0) is 15.2. The fourth-order valence-electron chi connectivity index (χ4n) is 1.61. The quantitative estimate of drug-likeness (QED) is 0.853. The van der Waals surface area contributed by atoms with Crippen LogP contribution in [-0.4, -0.2) is 25.0 Å². The average molecular weight is 304 g/mol. The van der Waals surface area contributed by atoms with Crippen molar-refractivity contribution in [2.75, 3.05) is 12.4 Å². The summed E-state index contributed by atoms with van der Waals surface area (Å²) < 4.78 is 4.62. The van der Waals surface area contributed by atoms with Crippen LogP contribution in [0.1, 0.15) is 20.0 Å². The Morgan fingerprint density at radius 3 is 2.52 bits per heavy atom. The van der Waals surface area contributed by atoms with Crippen molar-refractivity contribution in [1.82, 2.24) is 5.32 Å². The third-order valence-electron chi connectivity index (χ3n) is 2.55. The number of thiophene rings is 1. The van der Waals surface area contributed by atoms with Crippen molar-refractivity contribution in [3.8, 4) is 0 Å². The first kappa shape index (κ1) is 14.7. The lowest BCUT2D eigenvalue weighted by Crippen LogP contribution is -2.34. The second-order valence-electron chi connectivity index (χ2n) is 3.92. The van der Waals surface area contributed by atoms with E-state index in [1.807, 2.05) is 0 Å². The van der Waals surface area contributed by atoms with E-state index < -0.39 is 17.9 Å². The van der Waals surface area contributed by atoms with E-state index >= 15 is 0 Å². The number of methoxy groups -OCH3 is 1. The van der Waals surface area contributed by atoms with E-state index in [0.717, 1.165) is 0 Å². The first-order valence-corrected chi connectivity index (χ1v) is 6.83. The topological polar surface area (TPSA) is 84.5 Å². The van der Waals surface area contributed by atoms with E-state index in [1.165, 1.54) is 24.5 Å². The molecule has 0 unspecified atom stereocenters. The molecule has 2 rings (SSSR count). The SMILES string of the molecule is COC(=O)c1ccccc1NC(=O)NC(=O)c1cccs1. The number of anilines is 1. The van der Waals surface area contributed by atoms with Gasteiger partial charge in [0.1, 0.15) is 0 Å². The minimum atomic E-state index is -0.718. The number of rotatable bonds is 3. The number of esters is 1. The minimum absolute atomic E-state index is 0.207. The highest BCUT2D eigenvalue weighted by Gasteiger charge is 2.15. The largest absolute Gasteiger partial charge is 0.465 e. The number of carbonyl (C=O) groups excluding carboxylic acids is 3. The molecule has 1 aromatic heterocycles. The van der Waals surface area contributed by atoms with Gasteiger partial charge in [-0.2, -0.15) is 0 Å². The zero-order valence-electron chi connectivity index (χ0n) is 11.1. The summed E-state index contributed by atoms with van der Waals surface area (Å²) in [5, 5.41) is 6.37. The molecule has 0 radical (unpaired) electrons. The molecule has 2 N–H and O–H groups in total. The van der Waals surface area contributed by atoms with Crippen molar-refractivity contribution in [2.45, 2.75) is 0 Å². The fourth-order valence-corrected chi connectivity index (χ4v) is 2.23. The number of hydrogen-bond acceptors (Lipinski definition) is 5. The third kappa shape index (κ3) is 3.67. The van der Waals surface area contributed by atoms with Gasteiger partial charge in [0.25, 0.3) is 5.91 Å². The van der Waals surface area contributed by atoms with Crippen molar-refractivity contribution in [3.63, 3.8) is 0 Å². The van der Waals surface area contributed by atoms with Gasteiger partial charge in [-0.05, 0) is 23.6 Å². The first-order valence-electron chi connectivity index (χ1n) is 5.95. The molecule has 0 aliphatic carbocycles. The highest BCUT2D eigenvalue weighted by molar-refractivity contribution is 7.12. The number of urea groups is 1. The maximum atomic E-state index is 11.8. The highest BCUT2D eigenvalue weighted by Crippen LogP contribution is 2.16. The average Bonchev–Trinajstić information content (AvgIpc) is 3.01. The molecule has 0 saturated carbocycles. The van der Waals surface area contributed by atoms with Crippen molar-refractivity contribution in [1.29, 1.82) is 0 Å². The van der Waals surface area contributed by atoms with Crippen molar-refractivity contribution < 1.29 is 19.1 Å². The molecule has 6 nitrogen and oxygen atoms in total. The molecule has 1 aromatic carbocycles. The number of nitrogens with one attached hydrogen (secondary N) is 2. The van der Waals surface area contributed by atoms with Gasteiger partial charge in [-0.3, -0.25) is 10.1 Å². The smallest absolute Gasteiger partial charge is 0.339 e. The molecule has 7 heteroatoms. The molecule has 0 bridgehead atoms. The Bertz CT molecular complexity index is 667. The summed E-state index contributed by atoms with van der Waals surface area (Å²) in [6.07, 6.45) is 0. The van der Waals surface area contributed by atoms with Gasteiger partial charge >= 0.3 is 12.0 Å². The van der Waals surface area contributed by atoms with Crippen LogP contribution in [0, 0.1) is 0 Å². The van der Waals surface area contributed by atoms with Crippen molar-refractivity contribution >= 4 is 34.9 Å². The standard InChI is InChI=1S/C14H12N2O4S/c1-20-13(18)9-5-2-3-6-10(9)15-14(19)16-12(17)11-7-4-8-21-11/h2-8H,1H3,(H2,15,16,17,19). The van der Waals surface area contributed by atoms with Crippen LogP contribution in [0.15, 0.2) is 41.8 Å². The first-order chi connectivity index (χ1) is 10.1. The fraction of sp³-hybridized carbons (Fsp3) is 0.0714. The summed E-state index contributed by atoms with van der Waals surface area (Å²) in [7, 11) is 1.25. The van der Waals surface area contributed by atoms with Gasteiger partial charge < -0.3 is 10.1 Å². The predicted octanol–water partition coefficient (Wildman–Crippen LogP) is 2.50. The molecule has 0 saturated heterocycles. The zero-order valence-corrected chi connectivity index (χ0v) is 11.9. The van der Waals surface area contributed by atoms with Gasteiger partial charge in [0.05, 0.1) is 23.2 Å². The lowest BCUT2D eigenvalue weighted by atomic mass is 10.2. The summed E-state index contributed by atoms with van der Waals surface area (Å²) in [6, 6.07) is 8.96. The van der Waals surface area contributed by atoms with Crippen molar-refractivity contribution in [2.24, 2.45) is 0 Å². The third-order valence-corrected chi connectivity index (χ3v) is 3.42. The second kappa shape index (κ2) is 6.67. The van der Waals surface area contributed by atoms with Crippen LogP contribution < -0.4 is 10.6 Å². The summed E-state index contributed by atoms with van der Waals surface area (Å²) in [5.74, 6) is -1.08. The second-order valence-corrected chi connectivity index (χ2v) is 4.87. The number of imide groups is 1. The molecule has 0 atom stereocenters. The maximum Gasteiger partial charge on any atom is 0.339 e. The Morgan fingerprint density at radius 1 is 1.10 bits per heavy atom. The summed E-state index contributed by atoms with van der Waals surface area (Å²) >= 11 is 1.22. The lowest BCUT2D eigenvalue weighted by molar-refractivity contribution is 0.0602. The van der Waals surface area contributed by atoms with Crippen LogP contribution in [0.2, 0.25) is 0 Å². The molecule has 3 amide bonds. The monoisotopic (exact) mass is 304 g/mol. The normalized spacial score (nSPS) is 9.76. The number of ether oxygens (including phenoxy) is 1. The van der Waals surface area contributed by atoms with E-state index in [4.69, 9.17) is 0 Å². The number of para-hydroxylation sites is 1. The van der Waals surface area contributed by atoms with Crippen LogP contribution in [-0.2, 0) is 4.74 Å². The Labute approximate surface area is 124 Å².